The number of hydrogen-bond acceptors (Lipinski definition) is 7. The van der Waals surface area contributed by atoms with Crippen molar-refractivity contribution < 1.29 is 28.5 Å². The van der Waals surface area contributed by atoms with Crippen molar-refractivity contribution >= 4 is 12.0 Å². The highest BCUT2D eigenvalue weighted by atomic mass is 16.6. The number of rotatable bonds is 9. The molecule has 168 valence electrons. The molecule has 2 N–H and O–H groups in total. The molecule has 1 aromatic rings. The van der Waals surface area contributed by atoms with E-state index in [9.17, 15) is 9.59 Å². The zero-order chi connectivity index (χ0) is 22.1. The molecular weight excluding hydrogens is 390 g/mol. The van der Waals surface area contributed by atoms with E-state index in [0.29, 0.717) is 42.4 Å². The molecule has 0 spiro atoms. The van der Waals surface area contributed by atoms with Crippen molar-refractivity contribution in [2.45, 2.75) is 26.3 Å². The molecule has 2 rings (SSSR count). The standard InChI is InChI=1S/C21H33N3O6/c1-6-24(7-2)21(26)30-13-15-12-22-9-8-16(15)23-20(25)14-10-17(27-3)19(29-5)18(11-14)28-4/h10-11,15-16,22H,6-9,12-13H2,1-5H3,(H,23,25)/t15-,16+/m1/s1. The number of carbonyl (C=O) groups is 2. The van der Waals surface area contributed by atoms with Gasteiger partial charge in [0.1, 0.15) is 0 Å². The minimum absolute atomic E-state index is 0.0238. The normalized spacial score (nSPS) is 18.3. The van der Waals surface area contributed by atoms with Crippen LogP contribution >= 0.6 is 0 Å². The van der Waals surface area contributed by atoms with Crippen LogP contribution in [0.15, 0.2) is 12.1 Å². The summed E-state index contributed by atoms with van der Waals surface area (Å²) in [5.74, 6) is 0.985. The van der Waals surface area contributed by atoms with Crippen LogP contribution in [0.1, 0.15) is 30.6 Å². The average Bonchev–Trinajstić information content (AvgIpc) is 2.78. The number of ether oxygens (including phenoxy) is 4. The van der Waals surface area contributed by atoms with E-state index in [1.165, 1.54) is 21.3 Å². The predicted molar refractivity (Wildman–Crippen MR) is 113 cm³/mol. The minimum atomic E-state index is -0.333. The molecule has 0 saturated carbocycles. The van der Waals surface area contributed by atoms with Gasteiger partial charge >= 0.3 is 6.09 Å². The Bertz CT molecular complexity index is 698. The third-order valence-electron chi connectivity index (χ3n) is 5.29. The van der Waals surface area contributed by atoms with Gasteiger partial charge in [-0.3, -0.25) is 4.79 Å². The lowest BCUT2D eigenvalue weighted by Gasteiger charge is -2.33. The highest BCUT2D eigenvalue weighted by molar-refractivity contribution is 5.95. The molecule has 1 aliphatic rings. The first-order chi connectivity index (χ1) is 14.5. The summed E-state index contributed by atoms with van der Waals surface area (Å²) in [6.07, 6.45) is 0.407. The lowest BCUT2D eigenvalue weighted by Crippen LogP contribution is -2.51. The number of piperidine rings is 1. The maximum absolute atomic E-state index is 12.9. The Kier molecular flexibility index (Phi) is 9.04. The molecular formula is C21H33N3O6. The van der Waals surface area contributed by atoms with Gasteiger partial charge in [0.25, 0.3) is 5.91 Å². The summed E-state index contributed by atoms with van der Waals surface area (Å²) < 4.78 is 21.5. The average molecular weight is 424 g/mol. The molecule has 9 nitrogen and oxygen atoms in total. The van der Waals surface area contributed by atoms with Gasteiger partial charge in [0.15, 0.2) is 11.5 Å². The summed E-state index contributed by atoms with van der Waals surface area (Å²) in [6.45, 7) is 6.69. The van der Waals surface area contributed by atoms with E-state index >= 15 is 0 Å². The third kappa shape index (κ3) is 5.69. The first kappa shape index (κ1) is 23.6. The van der Waals surface area contributed by atoms with Crippen LogP contribution in [0.2, 0.25) is 0 Å². The topological polar surface area (TPSA) is 98.4 Å². The third-order valence-corrected chi connectivity index (χ3v) is 5.29. The van der Waals surface area contributed by atoms with Crippen LogP contribution in [-0.4, -0.2) is 77.1 Å². The van der Waals surface area contributed by atoms with Gasteiger partial charge < -0.3 is 34.5 Å². The molecule has 1 fully saturated rings. The molecule has 0 aromatic heterocycles. The smallest absolute Gasteiger partial charge is 0.409 e. The van der Waals surface area contributed by atoms with E-state index in [2.05, 4.69) is 10.6 Å². The largest absolute Gasteiger partial charge is 0.493 e. The van der Waals surface area contributed by atoms with E-state index in [-0.39, 0.29) is 30.6 Å². The number of carbonyl (C=O) groups excluding carboxylic acids is 2. The van der Waals surface area contributed by atoms with Crippen LogP contribution in [-0.2, 0) is 4.74 Å². The number of nitrogens with zero attached hydrogens (tertiary/aromatic N) is 1. The summed E-state index contributed by atoms with van der Waals surface area (Å²) in [6, 6.07) is 3.11. The van der Waals surface area contributed by atoms with Crippen molar-refractivity contribution in [1.29, 1.82) is 0 Å². The van der Waals surface area contributed by atoms with E-state index in [0.717, 1.165) is 13.0 Å². The molecule has 0 unspecified atom stereocenters. The molecule has 2 amide bonds. The van der Waals surface area contributed by atoms with E-state index in [1.807, 2.05) is 13.8 Å². The molecule has 0 bridgehead atoms. The van der Waals surface area contributed by atoms with Gasteiger partial charge in [-0.15, -0.1) is 0 Å². The van der Waals surface area contributed by atoms with Crippen LogP contribution in [0.3, 0.4) is 0 Å². The second-order valence-corrected chi connectivity index (χ2v) is 7.00. The molecule has 1 saturated heterocycles. The number of methoxy groups -OCH3 is 3. The minimum Gasteiger partial charge on any atom is -0.493 e. The number of hydrogen-bond donors (Lipinski definition) is 2. The molecule has 1 aromatic carbocycles. The van der Waals surface area contributed by atoms with Gasteiger partial charge in [-0.25, -0.2) is 4.79 Å². The Morgan fingerprint density at radius 3 is 2.27 bits per heavy atom. The van der Waals surface area contributed by atoms with Gasteiger partial charge in [0, 0.05) is 37.2 Å². The van der Waals surface area contributed by atoms with Crippen LogP contribution in [0.4, 0.5) is 4.79 Å². The summed E-state index contributed by atoms with van der Waals surface area (Å²) in [5, 5.41) is 6.37. The summed E-state index contributed by atoms with van der Waals surface area (Å²) in [7, 11) is 4.53. The van der Waals surface area contributed by atoms with Crippen molar-refractivity contribution in [3.05, 3.63) is 17.7 Å². The van der Waals surface area contributed by atoms with Crippen LogP contribution in [0.25, 0.3) is 0 Å². The quantitative estimate of drug-likeness (QED) is 0.626. The lowest BCUT2D eigenvalue weighted by atomic mass is 9.93. The lowest BCUT2D eigenvalue weighted by molar-refractivity contribution is 0.0724. The van der Waals surface area contributed by atoms with Crippen molar-refractivity contribution in [3.63, 3.8) is 0 Å². The molecule has 1 aliphatic heterocycles. The second kappa shape index (κ2) is 11.5. The molecule has 2 atom stereocenters. The fourth-order valence-electron chi connectivity index (χ4n) is 3.50. The van der Waals surface area contributed by atoms with Crippen LogP contribution in [0, 0.1) is 5.92 Å². The zero-order valence-corrected chi connectivity index (χ0v) is 18.4. The van der Waals surface area contributed by atoms with Gasteiger partial charge in [-0.05, 0) is 38.9 Å². The molecule has 0 aliphatic carbocycles. The molecule has 1 heterocycles. The zero-order valence-electron chi connectivity index (χ0n) is 18.4. The Morgan fingerprint density at radius 1 is 1.10 bits per heavy atom. The Hall–Kier alpha value is -2.68. The monoisotopic (exact) mass is 423 g/mol. The van der Waals surface area contributed by atoms with Gasteiger partial charge in [-0.1, -0.05) is 0 Å². The number of nitrogens with one attached hydrogen (secondary N) is 2. The van der Waals surface area contributed by atoms with Crippen molar-refractivity contribution in [3.8, 4) is 17.2 Å². The Balaban J connectivity index is 2.09. The van der Waals surface area contributed by atoms with E-state index < -0.39 is 0 Å². The maximum Gasteiger partial charge on any atom is 0.409 e. The molecule has 30 heavy (non-hydrogen) atoms. The second-order valence-electron chi connectivity index (χ2n) is 7.00. The van der Waals surface area contributed by atoms with Crippen LogP contribution < -0.4 is 24.8 Å². The summed E-state index contributed by atoms with van der Waals surface area (Å²) in [5.41, 5.74) is 0.405. The summed E-state index contributed by atoms with van der Waals surface area (Å²) in [4.78, 5) is 26.7. The first-order valence-corrected chi connectivity index (χ1v) is 10.2. The fourth-order valence-corrected chi connectivity index (χ4v) is 3.50. The predicted octanol–water partition coefficient (Wildman–Crippen LogP) is 1.90. The van der Waals surface area contributed by atoms with E-state index in [1.54, 1.807) is 17.0 Å². The Labute approximate surface area is 178 Å². The number of amides is 2. The molecule has 0 radical (unpaired) electrons. The van der Waals surface area contributed by atoms with Crippen molar-refractivity contribution in [2.75, 3.05) is 54.1 Å². The van der Waals surface area contributed by atoms with Crippen molar-refractivity contribution in [2.24, 2.45) is 5.92 Å². The fraction of sp³-hybridized carbons (Fsp3) is 0.619. The highest BCUT2D eigenvalue weighted by Crippen LogP contribution is 2.38. The Morgan fingerprint density at radius 2 is 1.73 bits per heavy atom. The first-order valence-electron chi connectivity index (χ1n) is 10.2. The SMILES string of the molecule is CCN(CC)C(=O)OC[C@H]1CNCC[C@@H]1NC(=O)c1cc(OC)c(OC)c(OC)c1. The van der Waals surface area contributed by atoms with E-state index in [4.69, 9.17) is 18.9 Å². The highest BCUT2D eigenvalue weighted by Gasteiger charge is 2.29. The van der Waals surface area contributed by atoms with Crippen LogP contribution in [0.5, 0.6) is 17.2 Å². The van der Waals surface area contributed by atoms with Gasteiger partial charge in [0.2, 0.25) is 5.75 Å². The maximum atomic E-state index is 12.9. The molecule has 9 heteroatoms. The van der Waals surface area contributed by atoms with Gasteiger partial charge in [0.05, 0.1) is 27.9 Å². The van der Waals surface area contributed by atoms with Crippen molar-refractivity contribution in [1.82, 2.24) is 15.5 Å². The number of benzene rings is 1. The summed E-state index contributed by atoms with van der Waals surface area (Å²) >= 11 is 0. The van der Waals surface area contributed by atoms with Gasteiger partial charge in [-0.2, -0.15) is 0 Å².